The SMILES string of the molecule is CC(C)N1C(=O)S/C(=C/c2ccc(OCc3ccc4ccccc4c3)c(I)c2)C1=O. The Morgan fingerprint density at radius 2 is 1.80 bits per heavy atom. The second-order valence-electron chi connectivity index (χ2n) is 7.31. The molecule has 152 valence electrons. The number of benzene rings is 3. The fourth-order valence-corrected chi connectivity index (χ4v) is 4.95. The molecule has 0 aliphatic carbocycles. The molecule has 1 aliphatic rings. The van der Waals surface area contributed by atoms with E-state index < -0.39 is 0 Å². The molecule has 0 bridgehead atoms. The molecular weight excluding hydrogens is 509 g/mol. The van der Waals surface area contributed by atoms with Gasteiger partial charge in [-0.05, 0) is 94.4 Å². The maximum atomic E-state index is 12.5. The van der Waals surface area contributed by atoms with Gasteiger partial charge in [0.05, 0.1) is 8.48 Å². The van der Waals surface area contributed by atoms with Gasteiger partial charge < -0.3 is 4.74 Å². The summed E-state index contributed by atoms with van der Waals surface area (Å²) in [4.78, 5) is 26.3. The summed E-state index contributed by atoms with van der Waals surface area (Å²) in [7, 11) is 0. The third-order valence-electron chi connectivity index (χ3n) is 4.80. The van der Waals surface area contributed by atoms with Crippen LogP contribution in [-0.4, -0.2) is 22.1 Å². The van der Waals surface area contributed by atoms with E-state index in [1.165, 1.54) is 15.7 Å². The molecule has 1 saturated heterocycles. The summed E-state index contributed by atoms with van der Waals surface area (Å²) in [5.74, 6) is 0.558. The van der Waals surface area contributed by atoms with Crippen LogP contribution in [0, 0.1) is 3.57 Å². The van der Waals surface area contributed by atoms with Crippen molar-refractivity contribution in [3.8, 4) is 5.75 Å². The molecule has 0 atom stereocenters. The van der Waals surface area contributed by atoms with E-state index in [4.69, 9.17) is 4.74 Å². The lowest BCUT2D eigenvalue weighted by molar-refractivity contribution is -0.123. The van der Waals surface area contributed by atoms with Crippen molar-refractivity contribution in [2.75, 3.05) is 0 Å². The number of carbonyl (C=O) groups is 2. The Hall–Kier alpha value is -2.32. The fourth-order valence-electron chi connectivity index (χ4n) is 3.29. The average Bonchev–Trinajstić information content (AvgIpc) is 3.00. The largest absolute Gasteiger partial charge is 0.488 e. The molecule has 2 amide bonds. The van der Waals surface area contributed by atoms with Crippen LogP contribution in [0.15, 0.2) is 65.6 Å². The van der Waals surface area contributed by atoms with Gasteiger partial charge in [-0.1, -0.05) is 42.5 Å². The number of nitrogens with zero attached hydrogens (tertiary/aromatic N) is 1. The van der Waals surface area contributed by atoms with Crippen LogP contribution in [0.5, 0.6) is 5.75 Å². The molecule has 0 saturated carbocycles. The van der Waals surface area contributed by atoms with Crippen LogP contribution in [0.2, 0.25) is 0 Å². The minimum absolute atomic E-state index is 0.144. The summed E-state index contributed by atoms with van der Waals surface area (Å²) in [6, 6.07) is 20.2. The van der Waals surface area contributed by atoms with Gasteiger partial charge >= 0.3 is 0 Å². The van der Waals surface area contributed by atoms with Crippen LogP contribution in [-0.2, 0) is 11.4 Å². The molecule has 3 aromatic carbocycles. The van der Waals surface area contributed by atoms with E-state index in [2.05, 4.69) is 52.9 Å². The van der Waals surface area contributed by atoms with Gasteiger partial charge in [-0.3, -0.25) is 14.5 Å². The lowest BCUT2D eigenvalue weighted by Crippen LogP contribution is -2.34. The minimum atomic E-state index is -0.230. The van der Waals surface area contributed by atoms with Crippen LogP contribution in [0.25, 0.3) is 16.8 Å². The molecule has 0 spiro atoms. The Labute approximate surface area is 193 Å². The molecular formula is C24H20INO3S. The quantitative estimate of drug-likeness (QED) is 0.281. The van der Waals surface area contributed by atoms with E-state index in [1.807, 2.05) is 44.2 Å². The van der Waals surface area contributed by atoms with Crippen molar-refractivity contribution in [1.82, 2.24) is 4.90 Å². The number of carbonyl (C=O) groups excluding carboxylic acids is 2. The van der Waals surface area contributed by atoms with Crippen molar-refractivity contribution in [2.24, 2.45) is 0 Å². The number of imide groups is 1. The Balaban J connectivity index is 1.48. The lowest BCUT2D eigenvalue weighted by Gasteiger charge is -2.16. The Kier molecular flexibility index (Phi) is 6.15. The highest BCUT2D eigenvalue weighted by Crippen LogP contribution is 2.34. The molecule has 0 unspecified atom stereocenters. The molecule has 0 radical (unpaired) electrons. The van der Waals surface area contributed by atoms with Gasteiger partial charge in [-0.25, -0.2) is 0 Å². The van der Waals surface area contributed by atoms with Gasteiger partial charge in [0.1, 0.15) is 12.4 Å². The third kappa shape index (κ3) is 4.39. The van der Waals surface area contributed by atoms with Crippen LogP contribution >= 0.6 is 34.4 Å². The normalized spacial score (nSPS) is 15.6. The highest BCUT2D eigenvalue weighted by Gasteiger charge is 2.36. The number of ether oxygens (including phenoxy) is 1. The number of hydrogen-bond acceptors (Lipinski definition) is 4. The van der Waals surface area contributed by atoms with Gasteiger partial charge in [0, 0.05) is 6.04 Å². The number of thioether (sulfide) groups is 1. The molecule has 4 rings (SSSR count). The molecule has 1 aliphatic heterocycles. The summed E-state index contributed by atoms with van der Waals surface area (Å²) >= 11 is 3.22. The maximum Gasteiger partial charge on any atom is 0.293 e. The number of rotatable bonds is 5. The van der Waals surface area contributed by atoms with E-state index in [1.54, 1.807) is 6.08 Å². The monoisotopic (exact) mass is 529 g/mol. The average molecular weight is 529 g/mol. The summed E-state index contributed by atoms with van der Waals surface area (Å²) in [6.07, 6.45) is 1.77. The summed E-state index contributed by atoms with van der Waals surface area (Å²) in [6.45, 7) is 4.15. The van der Waals surface area contributed by atoms with Crippen molar-refractivity contribution in [3.05, 3.63) is 80.3 Å². The predicted octanol–water partition coefficient (Wildman–Crippen LogP) is 6.47. The highest BCUT2D eigenvalue weighted by molar-refractivity contribution is 14.1. The summed E-state index contributed by atoms with van der Waals surface area (Å²) in [5, 5.41) is 2.19. The second kappa shape index (κ2) is 8.81. The Morgan fingerprint density at radius 1 is 1.03 bits per heavy atom. The molecule has 4 nitrogen and oxygen atoms in total. The molecule has 30 heavy (non-hydrogen) atoms. The molecule has 1 heterocycles. The van der Waals surface area contributed by atoms with E-state index in [0.29, 0.717) is 11.5 Å². The van der Waals surface area contributed by atoms with E-state index >= 15 is 0 Å². The third-order valence-corrected chi connectivity index (χ3v) is 6.53. The van der Waals surface area contributed by atoms with E-state index in [9.17, 15) is 9.59 Å². The first kappa shape index (κ1) is 20.9. The van der Waals surface area contributed by atoms with Gasteiger partial charge in [0.2, 0.25) is 0 Å². The number of halogens is 1. The van der Waals surface area contributed by atoms with Gasteiger partial charge in [0.15, 0.2) is 0 Å². The smallest absolute Gasteiger partial charge is 0.293 e. The second-order valence-corrected chi connectivity index (χ2v) is 9.46. The predicted molar refractivity (Wildman–Crippen MR) is 130 cm³/mol. The molecule has 0 aromatic heterocycles. The van der Waals surface area contributed by atoms with E-state index in [-0.39, 0.29) is 17.2 Å². The maximum absolute atomic E-state index is 12.5. The number of hydrogen-bond donors (Lipinski definition) is 0. The van der Waals surface area contributed by atoms with Crippen LogP contribution in [0.1, 0.15) is 25.0 Å². The molecule has 1 fully saturated rings. The van der Waals surface area contributed by atoms with Crippen LogP contribution in [0.4, 0.5) is 4.79 Å². The van der Waals surface area contributed by atoms with Gasteiger partial charge in [-0.15, -0.1) is 0 Å². The zero-order valence-corrected chi connectivity index (χ0v) is 19.6. The van der Waals surface area contributed by atoms with E-state index in [0.717, 1.165) is 32.2 Å². The minimum Gasteiger partial charge on any atom is -0.488 e. The zero-order valence-electron chi connectivity index (χ0n) is 16.6. The van der Waals surface area contributed by atoms with Crippen molar-refractivity contribution in [1.29, 1.82) is 0 Å². The van der Waals surface area contributed by atoms with Crippen molar-refractivity contribution >= 4 is 62.3 Å². The summed E-state index contributed by atoms with van der Waals surface area (Å²) < 4.78 is 6.97. The lowest BCUT2D eigenvalue weighted by atomic mass is 10.1. The van der Waals surface area contributed by atoms with Gasteiger partial charge in [-0.2, -0.15) is 0 Å². The standard InChI is InChI=1S/C24H20INO3S/c1-15(2)26-23(27)22(30-24(26)28)13-16-8-10-21(20(25)12-16)29-14-17-7-9-18-5-3-4-6-19(18)11-17/h3-13,15H,14H2,1-2H3/b22-13+. The van der Waals surface area contributed by atoms with Gasteiger partial charge in [0.25, 0.3) is 11.1 Å². The summed E-state index contributed by atoms with van der Waals surface area (Å²) in [5.41, 5.74) is 1.97. The first-order chi connectivity index (χ1) is 14.4. The Morgan fingerprint density at radius 3 is 2.50 bits per heavy atom. The van der Waals surface area contributed by atoms with Crippen LogP contribution < -0.4 is 4.74 Å². The highest BCUT2D eigenvalue weighted by atomic mass is 127. The number of amides is 2. The first-order valence-corrected chi connectivity index (χ1v) is 11.5. The van der Waals surface area contributed by atoms with Crippen LogP contribution in [0.3, 0.4) is 0 Å². The molecule has 6 heteroatoms. The van der Waals surface area contributed by atoms with Crippen molar-refractivity contribution in [3.63, 3.8) is 0 Å². The zero-order chi connectivity index (χ0) is 21.3. The topological polar surface area (TPSA) is 46.6 Å². The molecule has 0 N–H and O–H groups in total. The number of fused-ring (bicyclic) bond motifs is 1. The molecule has 3 aromatic rings. The fraction of sp³-hybridized carbons (Fsp3) is 0.167. The van der Waals surface area contributed by atoms with Crippen molar-refractivity contribution in [2.45, 2.75) is 26.5 Å². The first-order valence-electron chi connectivity index (χ1n) is 9.59. The van der Waals surface area contributed by atoms with Crippen molar-refractivity contribution < 1.29 is 14.3 Å². The Bertz CT molecular complexity index is 1170.